The molecule has 0 saturated carbocycles. The third-order valence-electron chi connectivity index (χ3n) is 5.38. The number of nitrogens with zero attached hydrogens (tertiary/aromatic N) is 2. The Kier molecular flexibility index (Phi) is 5.42. The van der Waals surface area contributed by atoms with Crippen LogP contribution in [0.25, 0.3) is 10.8 Å². The minimum absolute atomic E-state index is 0.0317. The predicted molar refractivity (Wildman–Crippen MR) is 111 cm³/mol. The molecule has 0 radical (unpaired) electrons. The molecule has 1 atom stereocenters. The van der Waals surface area contributed by atoms with Crippen molar-refractivity contribution >= 4 is 22.6 Å². The smallest absolute Gasteiger partial charge is 0.258 e. The number of fused-ring (bicyclic) bond motifs is 1. The summed E-state index contributed by atoms with van der Waals surface area (Å²) < 4.78 is 0. The lowest BCUT2D eigenvalue weighted by molar-refractivity contribution is -0.124. The van der Waals surface area contributed by atoms with Crippen molar-refractivity contribution in [3.8, 4) is 5.75 Å². The maximum atomic E-state index is 13.1. The number of rotatable bonds is 5. The first kappa shape index (κ1) is 18.9. The predicted octanol–water partition coefficient (Wildman–Crippen LogP) is 2.90. The maximum Gasteiger partial charge on any atom is 0.258 e. The molecule has 1 aliphatic rings. The largest absolute Gasteiger partial charge is 0.506 e. The number of benzene rings is 2. The van der Waals surface area contributed by atoms with Crippen molar-refractivity contribution in [2.75, 3.05) is 13.1 Å². The number of phenolic OH excluding ortho intramolecular Hbond substituents is 1. The van der Waals surface area contributed by atoms with Gasteiger partial charge >= 0.3 is 0 Å². The van der Waals surface area contributed by atoms with Crippen molar-refractivity contribution in [1.82, 2.24) is 15.2 Å². The number of hydrogen-bond donors (Lipinski definition) is 2. The highest BCUT2D eigenvalue weighted by molar-refractivity contribution is 6.05. The Morgan fingerprint density at radius 2 is 2.00 bits per heavy atom. The lowest BCUT2D eigenvalue weighted by Crippen LogP contribution is -2.46. The maximum absolute atomic E-state index is 13.1. The molecule has 2 aromatic carbocycles. The molecule has 3 aromatic rings. The summed E-state index contributed by atoms with van der Waals surface area (Å²) in [5.74, 6) is -0.492. The van der Waals surface area contributed by atoms with Gasteiger partial charge in [0.25, 0.3) is 5.91 Å². The van der Waals surface area contributed by atoms with E-state index < -0.39 is 6.04 Å². The zero-order valence-corrected chi connectivity index (χ0v) is 16.0. The molecule has 6 heteroatoms. The van der Waals surface area contributed by atoms with Crippen LogP contribution in [-0.2, 0) is 11.2 Å². The van der Waals surface area contributed by atoms with Gasteiger partial charge in [0.2, 0.25) is 5.91 Å². The lowest BCUT2D eigenvalue weighted by Gasteiger charge is -2.24. The molecule has 2 amide bonds. The molecule has 2 heterocycles. The monoisotopic (exact) mass is 389 g/mol. The quantitative estimate of drug-likeness (QED) is 0.703. The van der Waals surface area contributed by atoms with E-state index in [1.807, 2.05) is 36.4 Å². The van der Waals surface area contributed by atoms with Gasteiger partial charge in [-0.2, -0.15) is 0 Å². The summed E-state index contributed by atoms with van der Waals surface area (Å²) in [6.07, 6.45) is 5.57. The molecule has 0 bridgehead atoms. The number of likely N-dealkylation sites (tertiary alicyclic amines) is 1. The molecule has 1 aromatic heterocycles. The molecule has 2 N–H and O–H groups in total. The number of carbonyl (C=O) groups is 2. The van der Waals surface area contributed by atoms with Crippen molar-refractivity contribution in [3.63, 3.8) is 0 Å². The van der Waals surface area contributed by atoms with Gasteiger partial charge in [-0.1, -0.05) is 36.4 Å². The second-order valence-corrected chi connectivity index (χ2v) is 7.24. The third kappa shape index (κ3) is 3.92. The minimum atomic E-state index is -0.512. The van der Waals surface area contributed by atoms with Crippen molar-refractivity contribution < 1.29 is 14.7 Å². The number of pyridine rings is 1. The Hall–Kier alpha value is -3.41. The number of amides is 2. The lowest BCUT2D eigenvalue weighted by atomic mass is 10.0. The summed E-state index contributed by atoms with van der Waals surface area (Å²) in [5.41, 5.74) is 1.28. The molecule has 1 saturated heterocycles. The number of hydrogen-bond acceptors (Lipinski definition) is 4. The van der Waals surface area contributed by atoms with Crippen molar-refractivity contribution in [1.29, 1.82) is 0 Å². The molecule has 4 rings (SSSR count). The van der Waals surface area contributed by atoms with E-state index >= 15 is 0 Å². The van der Waals surface area contributed by atoms with Gasteiger partial charge in [0.15, 0.2) is 0 Å². The molecular weight excluding hydrogens is 366 g/mol. The number of aromatic hydroxyl groups is 1. The highest BCUT2D eigenvalue weighted by Gasteiger charge is 2.35. The van der Waals surface area contributed by atoms with Crippen LogP contribution in [0, 0.1) is 0 Å². The van der Waals surface area contributed by atoms with E-state index in [4.69, 9.17) is 0 Å². The summed E-state index contributed by atoms with van der Waals surface area (Å²) >= 11 is 0. The number of carbonyl (C=O) groups excluding carboxylic acids is 2. The molecule has 0 aliphatic carbocycles. The molecular formula is C23H23N3O3. The van der Waals surface area contributed by atoms with Crippen LogP contribution in [-0.4, -0.2) is 45.9 Å². The fourth-order valence-corrected chi connectivity index (χ4v) is 3.86. The number of nitrogens with one attached hydrogen (secondary N) is 1. The summed E-state index contributed by atoms with van der Waals surface area (Å²) in [7, 11) is 0. The molecule has 1 unspecified atom stereocenters. The van der Waals surface area contributed by atoms with E-state index in [2.05, 4.69) is 10.3 Å². The molecule has 1 fully saturated rings. The number of aromatic nitrogens is 1. The van der Waals surface area contributed by atoms with Crippen molar-refractivity contribution in [3.05, 3.63) is 72.1 Å². The summed E-state index contributed by atoms with van der Waals surface area (Å²) in [6.45, 7) is 0.996. The van der Waals surface area contributed by atoms with Gasteiger partial charge in [0, 0.05) is 30.9 Å². The Balaban J connectivity index is 1.45. The average molecular weight is 389 g/mol. The van der Waals surface area contributed by atoms with Gasteiger partial charge in [-0.25, -0.2) is 0 Å². The van der Waals surface area contributed by atoms with Crippen LogP contribution in [0.1, 0.15) is 28.8 Å². The van der Waals surface area contributed by atoms with Crippen LogP contribution in [0.15, 0.2) is 60.9 Å². The van der Waals surface area contributed by atoms with Crippen LogP contribution < -0.4 is 5.32 Å². The van der Waals surface area contributed by atoms with Gasteiger partial charge in [-0.05, 0) is 42.3 Å². The van der Waals surface area contributed by atoms with E-state index in [0.717, 1.165) is 17.4 Å². The summed E-state index contributed by atoms with van der Waals surface area (Å²) in [5, 5.41) is 15.1. The molecule has 29 heavy (non-hydrogen) atoms. The zero-order chi connectivity index (χ0) is 20.2. The average Bonchev–Trinajstić information content (AvgIpc) is 3.24. The highest BCUT2D eigenvalue weighted by Crippen LogP contribution is 2.31. The van der Waals surface area contributed by atoms with Gasteiger partial charge in [0.05, 0.1) is 5.56 Å². The number of phenols is 1. The Bertz CT molecular complexity index is 1040. The van der Waals surface area contributed by atoms with Crippen molar-refractivity contribution in [2.45, 2.75) is 25.3 Å². The van der Waals surface area contributed by atoms with Crippen molar-refractivity contribution in [2.24, 2.45) is 0 Å². The van der Waals surface area contributed by atoms with Crippen LogP contribution in [0.3, 0.4) is 0 Å². The minimum Gasteiger partial charge on any atom is -0.506 e. The first-order valence-electron chi connectivity index (χ1n) is 9.83. The molecule has 148 valence electrons. The van der Waals surface area contributed by atoms with Gasteiger partial charge < -0.3 is 15.3 Å². The standard InChI is InChI=1S/C23H23N3O3/c27-21-18-7-2-1-6-17(18)9-10-19(21)23(29)26-14-4-8-20(26)22(28)25-13-11-16-5-3-12-24-15-16/h1-3,5-7,9-10,12,15,20,27H,4,8,11,13-14H2,(H,25,28). The Labute approximate surface area is 169 Å². The van der Waals surface area contributed by atoms with Crippen LogP contribution in [0.5, 0.6) is 5.75 Å². The SMILES string of the molecule is O=C(NCCc1cccnc1)C1CCCN1C(=O)c1ccc2ccccc2c1O. The van der Waals surface area contributed by atoms with E-state index in [9.17, 15) is 14.7 Å². The second-order valence-electron chi connectivity index (χ2n) is 7.24. The van der Waals surface area contributed by atoms with E-state index in [1.54, 1.807) is 29.4 Å². The van der Waals surface area contributed by atoms with E-state index in [-0.39, 0.29) is 23.1 Å². The van der Waals surface area contributed by atoms with E-state index in [0.29, 0.717) is 31.3 Å². The van der Waals surface area contributed by atoms with E-state index in [1.165, 1.54) is 0 Å². The Morgan fingerprint density at radius 1 is 1.14 bits per heavy atom. The van der Waals surface area contributed by atoms with Crippen LogP contribution in [0.2, 0.25) is 0 Å². The topological polar surface area (TPSA) is 82.5 Å². The fraction of sp³-hybridized carbons (Fsp3) is 0.261. The zero-order valence-electron chi connectivity index (χ0n) is 16.0. The van der Waals surface area contributed by atoms with Gasteiger partial charge in [0.1, 0.15) is 11.8 Å². The highest BCUT2D eigenvalue weighted by atomic mass is 16.3. The molecule has 1 aliphatic heterocycles. The van der Waals surface area contributed by atoms with Gasteiger partial charge in [-0.15, -0.1) is 0 Å². The first-order valence-corrected chi connectivity index (χ1v) is 9.83. The Morgan fingerprint density at radius 3 is 2.83 bits per heavy atom. The van der Waals surface area contributed by atoms with Gasteiger partial charge in [-0.3, -0.25) is 14.6 Å². The second kappa shape index (κ2) is 8.31. The fourth-order valence-electron chi connectivity index (χ4n) is 3.86. The first-order chi connectivity index (χ1) is 14.1. The summed E-state index contributed by atoms with van der Waals surface area (Å²) in [6, 6.07) is 14.2. The third-order valence-corrected chi connectivity index (χ3v) is 5.38. The van der Waals surface area contributed by atoms with Crippen LogP contribution >= 0.6 is 0 Å². The molecule has 0 spiro atoms. The normalized spacial score (nSPS) is 16.1. The molecule has 6 nitrogen and oxygen atoms in total. The van der Waals surface area contributed by atoms with Crippen LogP contribution in [0.4, 0.5) is 0 Å². The summed E-state index contributed by atoms with van der Waals surface area (Å²) in [4.78, 5) is 31.4.